The molecule has 4 N–H and O–H groups in total. The van der Waals surface area contributed by atoms with Crippen molar-refractivity contribution in [2.45, 2.75) is 13.0 Å². The van der Waals surface area contributed by atoms with Crippen LogP contribution in [0.3, 0.4) is 0 Å². The summed E-state index contributed by atoms with van der Waals surface area (Å²) in [6.45, 7) is 2.22. The third-order valence-electron chi connectivity index (χ3n) is 2.67. The second kappa shape index (κ2) is 6.46. The summed E-state index contributed by atoms with van der Waals surface area (Å²) in [5.74, 6) is 5.95. The Kier molecular flexibility index (Phi) is 4.66. The molecule has 1 aromatic rings. The molecule has 0 aliphatic carbocycles. The van der Waals surface area contributed by atoms with Gasteiger partial charge in [0, 0.05) is 17.0 Å². The van der Waals surface area contributed by atoms with Gasteiger partial charge >= 0.3 is 0 Å². The largest absolute Gasteiger partial charge is 0.334 e. The van der Waals surface area contributed by atoms with Crippen molar-refractivity contribution in [3.05, 3.63) is 29.3 Å². The van der Waals surface area contributed by atoms with Crippen LogP contribution in [0, 0.1) is 18.8 Å². The Bertz CT molecular complexity index is 604. The van der Waals surface area contributed by atoms with E-state index in [-0.39, 0.29) is 11.1 Å². The summed E-state index contributed by atoms with van der Waals surface area (Å²) in [7, 11) is 0. The molecule has 0 saturated carbocycles. The number of carbonyl (C=O) groups is 2. The lowest BCUT2D eigenvalue weighted by molar-refractivity contribution is -0.117. The third-order valence-corrected chi connectivity index (χ3v) is 3.55. The number of benzene rings is 1. The molecule has 5 nitrogen and oxygen atoms in total. The predicted molar refractivity (Wildman–Crippen MR) is 80.5 cm³/mol. The third kappa shape index (κ3) is 3.76. The molecule has 1 saturated heterocycles. The molecule has 1 unspecified atom stereocenters. The maximum atomic E-state index is 12.0. The topological polar surface area (TPSA) is 84.2 Å². The molecule has 0 radical (unpaired) electrons. The van der Waals surface area contributed by atoms with Gasteiger partial charge in [-0.15, -0.1) is 0 Å². The Morgan fingerprint density at radius 3 is 3.00 bits per heavy atom. The van der Waals surface area contributed by atoms with Gasteiger partial charge in [0.2, 0.25) is 5.91 Å². The van der Waals surface area contributed by atoms with Crippen molar-refractivity contribution >= 4 is 28.6 Å². The number of hydrogen-bond donors (Lipinski definition) is 3. The van der Waals surface area contributed by atoms with Gasteiger partial charge in [-0.05, 0) is 30.7 Å². The van der Waals surface area contributed by atoms with Crippen molar-refractivity contribution in [1.29, 1.82) is 0 Å². The zero-order valence-corrected chi connectivity index (χ0v) is 11.8. The zero-order valence-electron chi connectivity index (χ0n) is 11.0. The van der Waals surface area contributed by atoms with E-state index in [9.17, 15) is 9.59 Å². The van der Waals surface area contributed by atoms with Crippen molar-refractivity contribution in [2.75, 3.05) is 17.6 Å². The monoisotopic (exact) mass is 289 g/mol. The smallest absolute Gasteiger partial charge is 0.279 e. The Balaban J connectivity index is 2.10. The highest BCUT2D eigenvalue weighted by Crippen LogP contribution is 2.17. The van der Waals surface area contributed by atoms with E-state index in [2.05, 4.69) is 22.5 Å². The Hall–Kier alpha value is -1.97. The Labute approximate surface area is 121 Å². The maximum absolute atomic E-state index is 12.0. The molecule has 1 fully saturated rings. The summed E-state index contributed by atoms with van der Waals surface area (Å²) in [6.07, 6.45) is 0. The van der Waals surface area contributed by atoms with Crippen molar-refractivity contribution in [3.63, 3.8) is 0 Å². The molecular weight excluding hydrogens is 274 g/mol. The van der Waals surface area contributed by atoms with Crippen LogP contribution in [0.4, 0.5) is 10.5 Å². The van der Waals surface area contributed by atoms with E-state index < -0.39 is 6.04 Å². The van der Waals surface area contributed by atoms with E-state index in [1.807, 2.05) is 19.1 Å². The summed E-state index contributed by atoms with van der Waals surface area (Å²) in [4.78, 5) is 23.1. The first-order chi connectivity index (χ1) is 9.58. The summed E-state index contributed by atoms with van der Waals surface area (Å²) in [6, 6.07) is 5.09. The fourth-order valence-corrected chi connectivity index (χ4v) is 2.61. The lowest BCUT2D eigenvalue weighted by Gasteiger charge is -2.11. The second-order valence-corrected chi connectivity index (χ2v) is 5.37. The van der Waals surface area contributed by atoms with Crippen LogP contribution >= 0.6 is 11.8 Å². The lowest BCUT2D eigenvalue weighted by Crippen LogP contribution is -2.38. The van der Waals surface area contributed by atoms with Crippen molar-refractivity contribution in [2.24, 2.45) is 5.73 Å². The van der Waals surface area contributed by atoms with E-state index >= 15 is 0 Å². The van der Waals surface area contributed by atoms with Gasteiger partial charge in [0.1, 0.15) is 6.04 Å². The van der Waals surface area contributed by atoms with Crippen LogP contribution in [0.15, 0.2) is 18.2 Å². The number of aryl methyl sites for hydroxylation is 1. The van der Waals surface area contributed by atoms with Crippen LogP contribution in [0.5, 0.6) is 0 Å². The van der Waals surface area contributed by atoms with Gasteiger partial charge in [-0.2, -0.15) is 0 Å². The maximum Gasteiger partial charge on any atom is 0.279 e. The Morgan fingerprint density at radius 1 is 1.55 bits per heavy atom. The second-order valence-electron chi connectivity index (χ2n) is 4.38. The molecule has 0 bridgehead atoms. The summed E-state index contributed by atoms with van der Waals surface area (Å²) < 4.78 is 0. The highest BCUT2D eigenvalue weighted by molar-refractivity contribution is 8.14. The minimum atomic E-state index is -0.480. The van der Waals surface area contributed by atoms with Gasteiger partial charge in [-0.3, -0.25) is 9.59 Å². The molecule has 2 rings (SSSR count). The fourth-order valence-electron chi connectivity index (χ4n) is 1.84. The van der Waals surface area contributed by atoms with Crippen molar-refractivity contribution < 1.29 is 9.59 Å². The highest BCUT2D eigenvalue weighted by Gasteiger charge is 2.27. The number of amides is 2. The van der Waals surface area contributed by atoms with Crippen LogP contribution in [-0.4, -0.2) is 29.5 Å². The fraction of sp³-hybridized carbons (Fsp3) is 0.286. The van der Waals surface area contributed by atoms with E-state index in [4.69, 9.17) is 5.73 Å². The van der Waals surface area contributed by atoms with Crippen LogP contribution in [0.2, 0.25) is 0 Å². The lowest BCUT2D eigenvalue weighted by atomic mass is 10.1. The normalized spacial score (nSPS) is 17.1. The van der Waals surface area contributed by atoms with Gasteiger partial charge in [-0.25, -0.2) is 0 Å². The van der Waals surface area contributed by atoms with E-state index in [1.54, 1.807) is 6.07 Å². The average Bonchev–Trinajstić information content (AvgIpc) is 2.82. The number of nitrogens with two attached hydrogens (primary N) is 1. The number of anilines is 1. The number of nitrogens with one attached hydrogen (secondary N) is 2. The van der Waals surface area contributed by atoms with Crippen LogP contribution in [0.1, 0.15) is 11.1 Å². The van der Waals surface area contributed by atoms with Gasteiger partial charge < -0.3 is 16.4 Å². The van der Waals surface area contributed by atoms with Crippen LogP contribution in [0.25, 0.3) is 0 Å². The van der Waals surface area contributed by atoms with Gasteiger partial charge in [0.15, 0.2) is 0 Å². The standard InChI is InChI=1S/C14H15N3O2S/c1-9-5-10(3-2-4-15)7-11(6-9)16-13(18)12-8-20-14(19)17-12/h5-7,12H,4,8,15H2,1H3,(H,16,18)(H,17,19). The quantitative estimate of drug-likeness (QED) is 0.711. The summed E-state index contributed by atoms with van der Waals surface area (Å²) in [5.41, 5.74) is 7.81. The highest BCUT2D eigenvalue weighted by atomic mass is 32.2. The first-order valence-electron chi connectivity index (χ1n) is 6.13. The van der Waals surface area contributed by atoms with E-state index in [1.165, 1.54) is 0 Å². The molecular formula is C14H15N3O2S. The number of hydrogen-bond acceptors (Lipinski definition) is 4. The molecule has 0 aromatic heterocycles. The van der Waals surface area contributed by atoms with Gasteiger partial charge in [-0.1, -0.05) is 23.6 Å². The SMILES string of the molecule is Cc1cc(C#CCN)cc(NC(=O)C2CSC(=O)N2)c1. The zero-order chi connectivity index (χ0) is 14.5. The molecule has 1 atom stereocenters. The van der Waals surface area contributed by atoms with Crippen LogP contribution in [-0.2, 0) is 4.79 Å². The van der Waals surface area contributed by atoms with Gasteiger partial charge in [0.25, 0.3) is 5.24 Å². The predicted octanol–water partition coefficient (Wildman–Crippen LogP) is 1.07. The minimum absolute atomic E-state index is 0.163. The van der Waals surface area contributed by atoms with Crippen molar-refractivity contribution in [3.8, 4) is 11.8 Å². The molecule has 0 spiro atoms. The minimum Gasteiger partial charge on any atom is -0.334 e. The molecule has 104 valence electrons. The summed E-state index contributed by atoms with van der Waals surface area (Å²) >= 11 is 1.11. The first kappa shape index (κ1) is 14.4. The molecule has 1 heterocycles. The molecule has 1 aliphatic rings. The van der Waals surface area contributed by atoms with E-state index in [0.29, 0.717) is 18.0 Å². The van der Waals surface area contributed by atoms with Crippen LogP contribution < -0.4 is 16.4 Å². The molecule has 1 aromatic carbocycles. The number of carbonyl (C=O) groups excluding carboxylic acids is 2. The number of thioether (sulfide) groups is 1. The Morgan fingerprint density at radius 2 is 2.35 bits per heavy atom. The van der Waals surface area contributed by atoms with E-state index in [0.717, 1.165) is 22.9 Å². The van der Waals surface area contributed by atoms with Crippen molar-refractivity contribution in [1.82, 2.24) is 5.32 Å². The molecule has 2 amide bonds. The average molecular weight is 289 g/mol. The van der Waals surface area contributed by atoms with Gasteiger partial charge in [0.05, 0.1) is 6.54 Å². The first-order valence-corrected chi connectivity index (χ1v) is 7.12. The number of rotatable bonds is 2. The molecule has 20 heavy (non-hydrogen) atoms. The summed E-state index contributed by atoms with van der Waals surface area (Å²) in [5, 5.41) is 5.24. The molecule has 1 aliphatic heterocycles. The molecule has 6 heteroatoms.